The average Bonchev–Trinajstić information content (AvgIpc) is 3.00. The maximum absolute atomic E-state index is 12.1. The van der Waals surface area contributed by atoms with E-state index in [0.29, 0.717) is 29.1 Å². The Bertz CT molecular complexity index is 812. The molecule has 8 nitrogen and oxygen atoms in total. The molecule has 0 spiro atoms. The number of nitrogens with one attached hydrogen (secondary N) is 2. The number of nitrogens with zero attached hydrogens (tertiary/aromatic N) is 4. The third-order valence-corrected chi connectivity index (χ3v) is 3.10. The SMILES string of the molecule is CC(C)Nc1ncc(C(=O)NCc2ccc3nonc3c2)cn1. The smallest absolute Gasteiger partial charge is 0.254 e. The Hall–Kier alpha value is -3.03. The molecule has 0 aliphatic rings. The molecular formula is C15H16N6O2. The molecule has 0 radical (unpaired) electrons. The monoisotopic (exact) mass is 312 g/mol. The Kier molecular flexibility index (Phi) is 4.13. The molecule has 8 heteroatoms. The van der Waals surface area contributed by atoms with Gasteiger partial charge in [0, 0.05) is 25.0 Å². The van der Waals surface area contributed by atoms with Gasteiger partial charge in [-0.15, -0.1) is 0 Å². The molecule has 2 aromatic heterocycles. The van der Waals surface area contributed by atoms with E-state index in [-0.39, 0.29) is 11.9 Å². The van der Waals surface area contributed by atoms with Crippen LogP contribution in [-0.4, -0.2) is 32.2 Å². The van der Waals surface area contributed by atoms with Crippen LogP contribution in [-0.2, 0) is 6.54 Å². The number of carbonyl (C=O) groups excluding carboxylic acids is 1. The largest absolute Gasteiger partial charge is 0.352 e. The fourth-order valence-corrected chi connectivity index (χ4v) is 2.00. The fourth-order valence-electron chi connectivity index (χ4n) is 2.00. The van der Waals surface area contributed by atoms with Gasteiger partial charge < -0.3 is 10.6 Å². The fraction of sp³-hybridized carbons (Fsp3) is 0.267. The Balaban J connectivity index is 1.62. The van der Waals surface area contributed by atoms with Gasteiger partial charge in [0.1, 0.15) is 11.0 Å². The van der Waals surface area contributed by atoms with Crippen LogP contribution < -0.4 is 10.6 Å². The van der Waals surface area contributed by atoms with E-state index in [0.717, 1.165) is 5.56 Å². The molecule has 0 fully saturated rings. The maximum atomic E-state index is 12.1. The minimum atomic E-state index is -0.237. The first-order chi connectivity index (χ1) is 11.1. The van der Waals surface area contributed by atoms with Crippen LogP contribution in [0.15, 0.2) is 35.2 Å². The molecule has 3 aromatic rings. The van der Waals surface area contributed by atoms with E-state index in [1.54, 1.807) is 6.07 Å². The number of carbonyl (C=O) groups is 1. The van der Waals surface area contributed by atoms with Crippen molar-refractivity contribution in [3.63, 3.8) is 0 Å². The lowest BCUT2D eigenvalue weighted by atomic mass is 10.2. The summed E-state index contributed by atoms with van der Waals surface area (Å²) in [5.41, 5.74) is 2.65. The quantitative estimate of drug-likeness (QED) is 0.739. The van der Waals surface area contributed by atoms with Crippen LogP contribution in [0.4, 0.5) is 5.95 Å². The number of fused-ring (bicyclic) bond motifs is 1. The van der Waals surface area contributed by atoms with Crippen molar-refractivity contribution in [2.45, 2.75) is 26.4 Å². The van der Waals surface area contributed by atoms with E-state index >= 15 is 0 Å². The van der Waals surface area contributed by atoms with Gasteiger partial charge in [-0.05, 0) is 41.9 Å². The number of benzene rings is 1. The molecule has 0 saturated heterocycles. The van der Waals surface area contributed by atoms with Crippen LogP contribution in [0, 0.1) is 0 Å². The first-order valence-corrected chi connectivity index (χ1v) is 7.20. The molecule has 118 valence electrons. The molecule has 0 atom stereocenters. The zero-order valence-corrected chi connectivity index (χ0v) is 12.8. The Morgan fingerprint density at radius 1 is 1.17 bits per heavy atom. The van der Waals surface area contributed by atoms with Gasteiger partial charge in [0.2, 0.25) is 5.95 Å². The number of hydrogen-bond donors (Lipinski definition) is 2. The molecule has 0 aliphatic carbocycles. The highest BCUT2D eigenvalue weighted by Crippen LogP contribution is 2.11. The summed E-state index contributed by atoms with van der Waals surface area (Å²) in [5, 5.41) is 13.4. The van der Waals surface area contributed by atoms with Gasteiger partial charge in [-0.2, -0.15) is 0 Å². The summed E-state index contributed by atoms with van der Waals surface area (Å²) in [5.74, 6) is 0.264. The van der Waals surface area contributed by atoms with E-state index in [1.165, 1.54) is 12.4 Å². The van der Waals surface area contributed by atoms with Gasteiger partial charge in [0.15, 0.2) is 0 Å². The average molecular weight is 312 g/mol. The molecule has 1 amide bonds. The van der Waals surface area contributed by atoms with Gasteiger partial charge in [0.05, 0.1) is 5.56 Å². The number of anilines is 1. The summed E-state index contributed by atoms with van der Waals surface area (Å²) in [7, 11) is 0. The van der Waals surface area contributed by atoms with E-state index in [1.807, 2.05) is 26.0 Å². The summed E-state index contributed by atoms with van der Waals surface area (Å²) < 4.78 is 4.64. The van der Waals surface area contributed by atoms with Gasteiger partial charge in [-0.25, -0.2) is 14.6 Å². The van der Waals surface area contributed by atoms with Crippen molar-refractivity contribution >= 4 is 22.9 Å². The summed E-state index contributed by atoms with van der Waals surface area (Å²) >= 11 is 0. The molecule has 1 aromatic carbocycles. The molecule has 3 rings (SSSR count). The summed E-state index contributed by atoms with van der Waals surface area (Å²) in [6.07, 6.45) is 3.00. The van der Waals surface area contributed by atoms with Crippen LogP contribution in [0.2, 0.25) is 0 Å². The van der Waals surface area contributed by atoms with E-state index in [2.05, 4.69) is 35.5 Å². The highest BCUT2D eigenvalue weighted by Gasteiger charge is 2.08. The van der Waals surface area contributed by atoms with E-state index in [4.69, 9.17) is 0 Å². The van der Waals surface area contributed by atoms with Crippen LogP contribution in [0.3, 0.4) is 0 Å². The molecule has 2 N–H and O–H groups in total. The molecule has 0 bridgehead atoms. The molecule has 0 aliphatic heterocycles. The number of rotatable bonds is 5. The van der Waals surface area contributed by atoms with Crippen molar-refractivity contribution < 1.29 is 9.42 Å². The summed E-state index contributed by atoms with van der Waals surface area (Å²) in [6, 6.07) is 5.70. The Morgan fingerprint density at radius 2 is 1.91 bits per heavy atom. The third kappa shape index (κ3) is 3.60. The third-order valence-electron chi connectivity index (χ3n) is 3.10. The van der Waals surface area contributed by atoms with Gasteiger partial charge >= 0.3 is 0 Å². The normalized spacial score (nSPS) is 10.9. The molecule has 23 heavy (non-hydrogen) atoms. The van der Waals surface area contributed by atoms with Gasteiger partial charge in [-0.3, -0.25) is 4.79 Å². The zero-order valence-electron chi connectivity index (χ0n) is 12.8. The standard InChI is InChI=1S/C15H16N6O2/c1-9(2)19-15-17-7-11(8-18-15)14(22)16-6-10-3-4-12-13(5-10)21-23-20-12/h3-5,7-9H,6H2,1-2H3,(H,16,22)(H,17,18,19). The second-order valence-electron chi connectivity index (χ2n) is 5.36. The van der Waals surface area contributed by atoms with Crippen molar-refractivity contribution in [3.05, 3.63) is 41.7 Å². The minimum absolute atomic E-state index is 0.232. The zero-order chi connectivity index (χ0) is 16.2. The highest BCUT2D eigenvalue weighted by atomic mass is 16.6. The maximum Gasteiger partial charge on any atom is 0.254 e. The minimum Gasteiger partial charge on any atom is -0.352 e. The van der Waals surface area contributed by atoms with Crippen molar-refractivity contribution in [3.8, 4) is 0 Å². The Labute approximate surface area is 132 Å². The summed E-state index contributed by atoms with van der Waals surface area (Å²) in [4.78, 5) is 20.3. The van der Waals surface area contributed by atoms with Crippen molar-refractivity contribution in [2.24, 2.45) is 0 Å². The molecule has 0 unspecified atom stereocenters. The predicted molar refractivity (Wildman–Crippen MR) is 83.8 cm³/mol. The number of amides is 1. The number of hydrogen-bond acceptors (Lipinski definition) is 7. The molecule has 0 saturated carbocycles. The molecular weight excluding hydrogens is 296 g/mol. The Morgan fingerprint density at radius 3 is 2.65 bits per heavy atom. The second-order valence-corrected chi connectivity index (χ2v) is 5.36. The number of aromatic nitrogens is 4. The van der Waals surface area contributed by atoms with E-state index < -0.39 is 0 Å². The lowest BCUT2D eigenvalue weighted by Gasteiger charge is -2.08. The van der Waals surface area contributed by atoms with Gasteiger partial charge in [-0.1, -0.05) is 6.07 Å². The lowest BCUT2D eigenvalue weighted by molar-refractivity contribution is 0.0950. The summed E-state index contributed by atoms with van der Waals surface area (Å²) in [6.45, 7) is 4.35. The van der Waals surface area contributed by atoms with Gasteiger partial charge in [0.25, 0.3) is 5.91 Å². The van der Waals surface area contributed by atoms with Crippen LogP contribution >= 0.6 is 0 Å². The van der Waals surface area contributed by atoms with Crippen LogP contribution in [0.1, 0.15) is 29.8 Å². The second kappa shape index (κ2) is 6.39. The predicted octanol–water partition coefficient (Wildman–Crippen LogP) is 1.76. The first-order valence-electron chi connectivity index (χ1n) is 7.20. The van der Waals surface area contributed by atoms with Crippen LogP contribution in [0.5, 0.6) is 0 Å². The van der Waals surface area contributed by atoms with Crippen molar-refractivity contribution in [1.82, 2.24) is 25.6 Å². The van der Waals surface area contributed by atoms with E-state index in [9.17, 15) is 4.79 Å². The topological polar surface area (TPSA) is 106 Å². The first kappa shape index (κ1) is 14.9. The highest BCUT2D eigenvalue weighted by molar-refractivity contribution is 5.93. The van der Waals surface area contributed by atoms with Crippen LogP contribution in [0.25, 0.3) is 11.0 Å². The van der Waals surface area contributed by atoms with Crippen molar-refractivity contribution in [2.75, 3.05) is 5.32 Å². The van der Waals surface area contributed by atoms with Crippen molar-refractivity contribution in [1.29, 1.82) is 0 Å². The lowest BCUT2D eigenvalue weighted by Crippen LogP contribution is -2.23. The molecule has 2 heterocycles.